The molecule has 0 saturated heterocycles. The van der Waals surface area contributed by atoms with Gasteiger partial charge in [0.25, 0.3) is 0 Å². The molecule has 3 aliphatic carbocycles. The quantitative estimate of drug-likeness (QED) is 0.166. The van der Waals surface area contributed by atoms with Crippen LogP contribution in [0.3, 0.4) is 0 Å². The number of allylic oxidation sites excluding steroid dienone is 1. The third-order valence-electron chi connectivity index (χ3n) is 9.09. The van der Waals surface area contributed by atoms with E-state index in [-0.39, 0.29) is 29.4 Å². The fourth-order valence-corrected chi connectivity index (χ4v) is 9.12. The van der Waals surface area contributed by atoms with Gasteiger partial charge in [0, 0.05) is 19.6 Å². The maximum atomic E-state index is 14.5. The summed E-state index contributed by atoms with van der Waals surface area (Å²) in [5, 5.41) is 23.7. The monoisotopic (exact) mass is 675 g/mol. The van der Waals surface area contributed by atoms with Crippen molar-refractivity contribution in [2.45, 2.75) is 61.4 Å². The van der Waals surface area contributed by atoms with Gasteiger partial charge in [0.05, 0.1) is 50.7 Å². The van der Waals surface area contributed by atoms with Crippen LogP contribution in [0.15, 0.2) is 53.5 Å². The van der Waals surface area contributed by atoms with E-state index in [0.717, 1.165) is 0 Å². The molecule has 3 atom stereocenters. The molecule has 16 heteroatoms. The van der Waals surface area contributed by atoms with E-state index >= 15 is 0 Å². The number of rotatable bonds is 8. The van der Waals surface area contributed by atoms with Crippen LogP contribution in [0.1, 0.15) is 58.0 Å². The van der Waals surface area contributed by atoms with Gasteiger partial charge in [0.2, 0.25) is 5.78 Å². The molecule has 46 heavy (non-hydrogen) atoms. The van der Waals surface area contributed by atoms with E-state index in [0.29, 0.717) is 65.7 Å². The summed E-state index contributed by atoms with van der Waals surface area (Å²) in [7, 11) is -1.72. The summed E-state index contributed by atoms with van der Waals surface area (Å²) >= 11 is 0.299. The van der Waals surface area contributed by atoms with Crippen LogP contribution in [-0.2, 0) is 29.4 Å². The molecule has 3 aromatic heterocycles. The van der Waals surface area contributed by atoms with Crippen molar-refractivity contribution >= 4 is 38.8 Å². The molecule has 1 aromatic carbocycles. The van der Waals surface area contributed by atoms with Crippen LogP contribution >= 0.6 is 11.3 Å². The van der Waals surface area contributed by atoms with Gasteiger partial charge in [-0.2, -0.15) is 28.2 Å². The number of alkyl halides is 3. The van der Waals surface area contributed by atoms with E-state index < -0.39 is 49.4 Å². The zero-order valence-corrected chi connectivity index (χ0v) is 26.2. The minimum Gasteiger partial charge on any atom is -0.389 e. The average molecular weight is 676 g/mol. The van der Waals surface area contributed by atoms with Gasteiger partial charge < -0.3 is 5.11 Å². The highest BCUT2D eigenvalue weighted by Gasteiger charge is 2.54. The normalized spacial score (nSPS) is 23.4. The van der Waals surface area contributed by atoms with Crippen molar-refractivity contribution in [1.82, 2.24) is 34.1 Å². The lowest BCUT2D eigenvalue weighted by Gasteiger charge is -2.47. The number of fused-ring (bicyclic) bond motifs is 2. The number of aliphatic hydroxyl groups is 1. The SMILES string of the molecule is C=S(=O)(c1cnn(C)n1)N(CC1(O)CC1)[C@H]1CCC2=Cc3c(cnn3-c3ccc(F)cc3)C[C@]2(C(=O)c2ncc(C(F)(F)F)s2)C1. The predicted molar refractivity (Wildman–Crippen MR) is 162 cm³/mol. The minimum absolute atomic E-state index is 0.0170. The van der Waals surface area contributed by atoms with Crippen LogP contribution in [0.4, 0.5) is 17.6 Å². The first kappa shape index (κ1) is 30.9. The third kappa shape index (κ3) is 5.30. The molecule has 2 fully saturated rings. The summed E-state index contributed by atoms with van der Waals surface area (Å²) in [4.78, 5) is 18.7. The van der Waals surface area contributed by atoms with Crippen LogP contribution in [-0.4, -0.2) is 73.2 Å². The van der Waals surface area contributed by atoms with Gasteiger partial charge >= 0.3 is 6.18 Å². The lowest BCUT2D eigenvalue weighted by atomic mass is 9.61. The number of halogens is 4. The Balaban J connectivity index is 1.32. The van der Waals surface area contributed by atoms with Crippen LogP contribution in [0, 0.1) is 11.2 Å². The molecule has 0 spiro atoms. The smallest absolute Gasteiger partial charge is 0.389 e. The second-order valence-electron chi connectivity index (χ2n) is 12.2. The number of aromatic nitrogens is 6. The molecule has 0 aliphatic heterocycles. The molecule has 3 heterocycles. The summed E-state index contributed by atoms with van der Waals surface area (Å²) < 4.78 is 72.1. The van der Waals surface area contributed by atoms with Crippen molar-refractivity contribution < 1.29 is 31.7 Å². The van der Waals surface area contributed by atoms with Crippen molar-refractivity contribution in [2.75, 3.05) is 6.54 Å². The maximum Gasteiger partial charge on any atom is 0.427 e. The third-order valence-corrected chi connectivity index (χ3v) is 12.2. The van der Waals surface area contributed by atoms with Crippen molar-refractivity contribution in [2.24, 2.45) is 12.5 Å². The number of carbonyl (C=O) groups is 1. The van der Waals surface area contributed by atoms with Crippen molar-refractivity contribution in [3.8, 4) is 5.69 Å². The first-order valence-electron chi connectivity index (χ1n) is 14.5. The molecule has 0 amide bonds. The van der Waals surface area contributed by atoms with E-state index in [2.05, 4.69) is 26.2 Å². The van der Waals surface area contributed by atoms with Crippen LogP contribution < -0.4 is 0 Å². The molecule has 4 aromatic rings. The summed E-state index contributed by atoms with van der Waals surface area (Å²) in [5.41, 5.74) is 0.230. The fraction of sp³-hybridized carbons (Fsp3) is 0.400. The van der Waals surface area contributed by atoms with Gasteiger partial charge in [-0.3, -0.25) is 4.79 Å². The molecule has 3 aliphatic rings. The summed E-state index contributed by atoms with van der Waals surface area (Å²) in [6, 6.07) is 5.23. The zero-order chi connectivity index (χ0) is 32.6. The van der Waals surface area contributed by atoms with Crippen molar-refractivity contribution in [1.29, 1.82) is 0 Å². The van der Waals surface area contributed by atoms with Gasteiger partial charge in [-0.1, -0.05) is 5.57 Å². The van der Waals surface area contributed by atoms with Gasteiger partial charge in [0.15, 0.2) is 10.0 Å². The molecular weight excluding hydrogens is 647 g/mol. The maximum absolute atomic E-state index is 14.5. The van der Waals surface area contributed by atoms with E-state index in [9.17, 15) is 31.7 Å². The van der Waals surface area contributed by atoms with Crippen molar-refractivity contribution in [3.63, 3.8) is 0 Å². The summed E-state index contributed by atoms with van der Waals surface area (Å²) in [6.45, 7) is 0.0170. The second-order valence-corrected chi connectivity index (χ2v) is 15.4. The van der Waals surface area contributed by atoms with Crippen LogP contribution in [0.5, 0.6) is 0 Å². The highest BCUT2D eigenvalue weighted by atomic mass is 32.2. The molecule has 2 saturated carbocycles. The van der Waals surface area contributed by atoms with E-state index in [1.165, 1.54) is 23.1 Å². The Hall–Kier alpha value is -3.73. The average Bonchev–Trinajstić information content (AvgIpc) is 3.40. The summed E-state index contributed by atoms with van der Waals surface area (Å²) in [6.07, 6.45) is 2.78. The molecule has 1 unspecified atom stereocenters. The fourth-order valence-electron chi connectivity index (χ4n) is 6.49. The van der Waals surface area contributed by atoms with Gasteiger partial charge in [0.1, 0.15) is 10.7 Å². The Kier molecular flexibility index (Phi) is 7.15. The number of benzene rings is 1. The highest BCUT2D eigenvalue weighted by molar-refractivity contribution is 7.98. The molecule has 10 nitrogen and oxygen atoms in total. The number of hydrogen-bond donors (Lipinski definition) is 1. The molecule has 0 bridgehead atoms. The topological polar surface area (TPSA) is 119 Å². The number of Topliss-reactive ketones (excluding diaryl/α,β-unsaturated/α-hetero) is 1. The van der Waals surface area contributed by atoms with Crippen LogP contribution in [0.25, 0.3) is 11.8 Å². The van der Waals surface area contributed by atoms with Gasteiger partial charge in [-0.05, 0) is 80.3 Å². The Morgan fingerprint density at radius 3 is 2.57 bits per heavy atom. The van der Waals surface area contributed by atoms with Crippen LogP contribution in [0.2, 0.25) is 0 Å². The number of aryl methyl sites for hydroxylation is 1. The summed E-state index contributed by atoms with van der Waals surface area (Å²) in [5.74, 6) is 3.06. The first-order valence-corrected chi connectivity index (χ1v) is 17.0. The number of nitrogens with zero attached hydrogens (tertiary/aromatic N) is 7. The lowest BCUT2D eigenvalue weighted by Crippen LogP contribution is -2.52. The molecule has 0 radical (unpaired) electrons. The minimum atomic E-state index is -4.66. The number of ketones is 1. The second kappa shape index (κ2) is 10.7. The molecule has 7 rings (SSSR count). The number of carbonyl (C=O) groups excluding carboxylic acids is 1. The van der Waals surface area contributed by atoms with Crippen molar-refractivity contribution in [3.05, 3.63) is 75.4 Å². The Labute approximate surface area is 265 Å². The Morgan fingerprint density at radius 1 is 1.20 bits per heavy atom. The van der Waals surface area contributed by atoms with Gasteiger partial charge in [-0.25, -0.2) is 22.6 Å². The van der Waals surface area contributed by atoms with E-state index in [4.69, 9.17) is 0 Å². The standard InChI is InChI=1S/C30H29F4N7O3S2/c1-39-36-16-25(38-39)46(2,44)40(17-28(43)9-10-28)22-6-3-19-11-23-18(14-37-41(23)21-7-4-20(31)5-8-21)12-29(19,13-22)26(42)27-35-15-24(45-27)30(32,33)34/h4-5,7-8,11,14-16,22,43H,2-3,6,9-10,12-13,17H2,1H3/t22-,29-,46?/m0/s1. The highest BCUT2D eigenvalue weighted by Crippen LogP contribution is 2.53. The molecule has 1 N–H and O–H groups in total. The molecule has 242 valence electrons. The number of hydrogen-bond acceptors (Lipinski definition) is 8. The Morgan fingerprint density at radius 2 is 1.93 bits per heavy atom. The van der Waals surface area contributed by atoms with E-state index in [1.54, 1.807) is 34.4 Å². The lowest BCUT2D eigenvalue weighted by molar-refractivity contribution is -0.134. The number of thiazole rings is 1. The zero-order valence-electron chi connectivity index (χ0n) is 24.6. The molecular formula is C30H29F4N7O3S2. The van der Waals surface area contributed by atoms with E-state index in [1.807, 2.05) is 6.08 Å². The predicted octanol–water partition coefficient (Wildman–Crippen LogP) is 4.49. The largest absolute Gasteiger partial charge is 0.427 e. The van der Waals surface area contributed by atoms with Gasteiger partial charge in [-0.15, -0.1) is 16.4 Å². The first-order chi connectivity index (χ1) is 21.7. The Bertz CT molecular complexity index is 1980.